The fourth-order valence-corrected chi connectivity index (χ4v) is 1.14. The molecule has 1 saturated heterocycles. The molecule has 1 rings (SSSR count). The fraction of sp³-hybridized carbons (Fsp3) is 0.833. The summed E-state index contributed by atoms with van der Waals surface area (Å²) in [6.07, 6.45) is 0.452. The molecule has 0 amide bonds. The van der Waals surface area contributed by atoms with Crippen molar-refractivity contribution in [1.29, 1.82) is 0 Å². The lowest BCUT2D eigenvalue weighted by atomic mass is 10.4. The fourth-order valence-electron chi connectivity index (χ4n) is 1.14. The van der Waals surface area contributed by atoms with Gasteiger partial charge in [-0.3, -0.25) is 4.90 Å². The van der Waals surface area contributed by atoms with Crippen molar-refractivity contribution < 1.29 is 14.6 Å². The minimum atomic E-state index is -1.18. The van der Waals surface area contributed by atoms with Crippen molar-refractivity contribution in [2.24, 2.45) is 0 Å². The minimum absolute atomic E-state index is 0.211. The second kappa shape index (κ2) is 2.88. The predicted octanol–water partition coefficient (Wildman–Crippen LogP) is 0.733. The van der Waals surface area contributed by atoms with Gasteiger partial charge in [-0.25, -0.2) is 4.79 Å². The molecule has 1 atom stereocenters. The van der Waals surface area contributed by atoms with Gasteiger partial charge in [-0.2, -0.15) is 0 Å². The van der Waals surface area contributed by atoms with Crippen LogP contribution in [0.25, 0.3) is 0 Å². The topological polar surface area (TPSA) is 49.8 Å². The van der Waals surface area contributed by atoms with Crippen molar-refractivity contribution in [3.8, 4) is 0 Å². The van der Waals surface area contributed by atoms with Crippen LogP contribution >= 0.6 is 0 Å². The van der Waals surface area contributed by atoms with Gasteiger partial charge in [-0.05, 0) is 19.9 Å². The molecule has 58 valence electrons. The summed E-state index contributed by atoms with van der Waals surface area (Å²) in [6.45, 7) is 0.929. The smallest absolute Gasteiger partial charge is 0.450 e. The van der Waals surface area contributed by atoms with E-state index in [9.17, 15) is 4.79 Å². The molecule has 1 aliphatic heterocycles. The quantitative estimate of drug-likeness (QED) is 0.553. The van der Waals surface area contributed by atoms with Crippen LogP contribution in [0.5, 0.6) is 0 Å². The van der Waals surface area contributed by atoms with Crippen molar-refractivity contribution in [2.75, 3.05) is 13.6 Å². The highest BCUT2D eigenvalue weighted by Crippen LogP contribution is 2.15. The van der Waals surface area contributed by atoms with Crippen LogP contribution in [0.3, 0.4) is 0 Å². The third-order valence-electron chi connectivity index (χ3n) is 1.69. The minimum Gasteiger partial charge on any atom is -0.450 e. The molecular formula is C6H11NO3. The standard InChI is InChI=1S/C6H11NO3/c1-7-4-2-3-5(7)10-6(8)9/h5H,2-4H2,1H3,(H,8,9)/t5-/m0/s1. The molecule has 0 aromatic rings. The van der Waals surface area contributed by atoms with Crippen LogP contribution in [0.1, 0.15) is 12.8 Å². The van der Waals surface area contributed by atoms with E-state index < -0.39 is 6.16 Å². The zero-order valence-electron chi connectivity index (χ0n) is 5.91. The number of likely N-dealkylation sites (tertiary alicyclic amines) is 1. The van der Waals surface area contributed by atoms with Crippen molar-refractivity contribution in [3.05, 3.63) is 0 Å². The highest BCUT2D eigenvalue weighted by Gasteiger charge is 2.23. The third-order valence-corrected chi connectivity index (χ3v) is 1.69. The Morgan fingerprint density at radius 2 is 2.50 bits per heavy atom. The zero-order chi connectivity index (χ0) is 7.56. The Labute approximate surface area is 59.4 Å². The van der Waals surface area contributed by atoms with Gasteiger partial charge >= 0.3 is 6.16 Å². The summed E-state index contributed by atoms with van der Waals surface area (Å²) in [6, 6.07) is 0. The van der Waals surface area contributed by atoms with Crippen molar-refractivity contribution in [3.63, 3.8) is 0 Å². The average Bonchev–Trinajstić information content (AvgIpc) is 2.15. The largest absolute Gasteiger partial charge is 0.507 e. The molecule has 0 bridgehead atoms. The Balaban J connectivity index is 2.33. The Bertz CT molecular complexity index is 137. The van der Waals surface area contributed by atoms with E-state index in [0.717, 1.165) is 19.4 Å². The van der Waals surface area contributed by atoms with Crippen LogP contribution in [-0.2, 0) is 4.74 Å². The molecule has 1 heterocycles. The maximum absolute atomic E-state index is 10.1. The van der Waals surface area contributed by atoms with Crippen molar-refractivity contribution in [2.45, 2.75) is 19.1 Å². The number of ether oxygens (including phenoxy) is 1. The first-order valence-electron chi connectivity index (χ1n) is 3.30. The summed E-state index contributed by atoms with van der Waals surface area (Å²) >= 11 is 0. The number of hydrogen-bond donors (Lipinski definition) is 1. The van der Waals surface area contributed by atoms with E-state index in [0.29, 0.717) is 0 Å². The van der Waals surface area contributed by atoms with E-state index in [1.165, 1.54) is 0 Å². The number of carbonyl (C=O) groups is 1. The summed E-state index contributed by atoms with van der Waals surface area (Å²) in [4.78, 5) is 11.9. The van der Waals surface area contributed by atoms with Gasteiger partial charge in [0, 0.05) is 6.54 Å². The molecule has 0 aromatic carbocycles. The number of rotatable bonds is 1. The molecule has 0 spiro atoms. The second-order valence-electron chi connectivity index (χ2n) is 2.46. The Hall–Kier alpha value is -0.770. The molecule has 1 N–H and O–H groups in total. The summed E-state index contributed by atoms with van der Waals surface area (Å²) in [7, 11) is 1.86. The van der Waals surface area contributed by atoms with Crippen LogP contribution in [0.2, 0.25) is 0 Å². The highest BCUT2D eigenvalue weighted by molar-refractivity contribution is 5.57. The van der Waals surface area contributed by atoms with Gasteiger partial charge < -0.3 is 9.84 Å². The number of hydrogen-bond acceptors (Lipinski definition) is 3. The summed E-state index contributed by atoms with van der Waals surface area (Å²) < 4.78 is 4.57. The first kappa shape index (κ1) is 7.34. The van der Waals surface area contributed by atoms with Crippen LogP contribution in [0, 0.1) is 0 Å². The lowest BCUT2D eigenvalue weighted by molar-refractivity contribution is -0.00306. The van der Waals surface area contributed by atoms with E-state index in [4.69, 9.17) is 5.11 Å². The monoisotopic (exact) mass is 145 g/mol. The Morgan fingerprint density at radius 1 is 1.80 bits per heavy atom. The number of carboxylic acid groups (broad SMARTS) is 1. The highest BCUT2D eigenvalue weighted by atomic mass is 16.7. The normalized spacial score (nSPS) is 26.7. The Morgan fingerprint density at radius 3 is 2.90 bits per heavy atom. The summed E-state index contributed by atoms with van der Waals surface area (Å²) in [5.74, 6) is 0. The van der Waals surface area contributed by atoms with E-state index in [1.54, 1.807) is 0 Å². The van der Waals surface area contributed by atoms with Gasteiger partial charge in [-0.15, -0.1) is 0 Å². The van der Waals surface area contributed by atoms with E-state index in [-0.39, 0.29) is 6.23 Å². The molecule has 0 aliphatic carbocycles. The molecule has 0 aromatic heterocycles. The molecule has 0 saturated carbocycles. The first-order valence-corrected chi connectivity index (χ1v) is 3.30. The molecule has 0 radical (unpaired) electrons. The first-order chi connectivity index (χ1) is 4.70. The Kier molecular flexibility index (Phi) is 2.11. The van der Waals surface area contributed by atoms with Crippen molar-refractivity contribution >= 4 is 6.16 Å². The molecule has 10 heavy (non-hydrogen) atoms. The average molecular weight is 145 g/mol. The van der Waals surface area contributed by atoms with Crippen LogP contribution in [0.15, 0.2) is 0 Å². The molecular weight excluding hydrogens is 134 g/mol. The van der Waals surface area contributed by atoms with Gasteiger partial charge in [0.1, 0.15) is 0 Å². The van der Waals surface area contributed by atoms with Crippen molar-refractivity contribution in [1.82, 2.24) is 4.90 Å². The number of nitrogens with zero attached hydrogens (tertiary/aromatic N) is 1. The molecule has 0 unspecified atom stereocenters. The van der Waals surface area contributed by atoms with Gasteiger partial charge in [0.25, 0.3) is 0 Å². The van der Waals surface area contributed by atoms with Crippen LogP contribution in [0.4, 0.5) is 4.79 Å². The molecule has 1 fully saturated rings. The SMILES string of the molecule is CN1CCC[C@@H]1OC(=O)O. The van der Waals surface area contributed by atoms with Crippen LogP contribution in [-0.4, -0.2) is 36.0 Å². The summed E-state index contributed by atoms with van der Waals surface area (Å²) in [5, 5.41) is 8.24. The lowest BCUT2D eigenvalue weighted by Crippen LogP contribution is -2.29. The second-order valence-corrected chi connectivity index (χ2v) is 2.46. The maximum atomic E-state index is 10.1. The molecule has 4 nitrogen and oxygen atoms in total. The van der Waals surface area contributed by atoms with E-state index in [2.05, 4.69) is 4.74 Å². The summed E-state index contributed by atoms with van der Waals surface area (Å²) in [5.41, 5.74) is 0. The van der Waals surface area contributed by atoms with Gasteiger partial charge in [0.15, 0.2) is 6.23 Å². The lowest BCUT2D eigenvalue weighted by Gasteiger charge is -2.16. The van der Waals surface area contributed by atoms with Gasteiger partial charge in [0.2, 0.25) is 0 Å². The van der Waals surface area contributed by atoms with E-state index in [1.807, 2.05) is 11.9 Å². The zero-order valence-corrected chi connectivity index (χ0v) is 5.91. The van der Waals surface area contributed by atoms with Crippen LogP contribution < -0.4 is 0 Å². The third kappa shape index (κ3) is 1.60. The van der Waals surface area contributed by atoms with Gasteiger partial charge in [0.05, 0.1) is 0 Å². The van der Waals surface area contributed by atoms with Gasteiger partial charge in [-0.1, -0.05) is 0 Å². The maximum Gasteiger partial charge on any atom is 0.507 e. The molecule has 4 heteroatoms. The molecule has 1 aliphatic rings. The predicted molar refractivity (Wildman–Crippen MR) is 34.8 cm³/mol. The van der Waals surface area contributed by atoms with E-state index >= 15 is 0 Å².